The van der Waals surface area contributed by atoms with Crippen molar-refractivity contribution in [2.24, 2.45) is 5.73 Å². The maximum atomic E-state index is 10.5. The number of nitrogens with two attached hydrogens (primary N) is 1. The number of aliphatic hydroxyl groups is 1. The molecule has 3 atom stereocenters. The van der Waals surface area contributed by atoms with E-state index >= 15 is 0 Å². The molecule has 0 aliphatic rings. The van der Waals surface area contributed by atoms with Crippen molar-refractivity contribution in [3.05, 3.63) is 0 Å². The summed E-state index contributed by atoms with van der Waals surface area (Å²) in [6.07, 6.45) is 1.91. The van der Waals surface area contributed by atoms with Gasteiger partial charge < -0.3 is 25.4 Å². The van der Waals surface area contributed by atoms with Crippen LogP contribution in [0.15, 0.2) is 0 Å². The van der Waals surface area contributed by atoms with Crippen LogP contribution in [0.2, 0.25) is 0 Å². The standard InChI is InChI=1S/C11H23NO5S/c1-16-4-5-17-7-9(13)8-18(2)6-3-10(12)11(14)15/h9-10,13H,3-8,12H2,1-2H3/p+1/t9?,10-,18?/m0/s1. The Labute approximate surface area is 111 Å². The van der Waals surface area contributed by atoms with E-state index in [0.717, 1.165) is 0 Å². The highest BCUT2D eigenvalue weighted by atomic mass is 32.2. The Morgan fingerprint density at radius 1 is 1.44 bits per heavy atom. The fourth-order valence-corrected chi connectivity index (χ4v) is 2.85. The maximum Gasteiger partial charge on any atom is 0.320 e. The van der Waals surface area contributed by atoms with Gasteiger partial charge in [0.05, 0.1) is 26.1 Å². The summed E-state index contributed by atoms with van der Waals surface area (Å²) in [5, 5.41) is 18.3. The van der Waals surface area contributed by atoms with Crippen LogP contribution < -0.4 is 5.73 Å². The number of ether oxygens (including phenoxy) is 2. The van der Waals surface area contributed by atoms with Crippen molar-refractivity contribution in [1.82, 2.24) is 0 Å². The van der Waals surface area contributed by atoms with Crippen LogP contribution in [0.3, 0.4) is 0 Å². The van der Waals surface area contributed by atoms with E-state index in [1.54, 1.807) is 7.11 Å². The number of carbonyl (C=O) groups is 1. The van der Waals surface area contributed by atoms with Crippen molar-refractivity contribution in [2.75, 3.05) is 44.7 Å². The monoisotopic (exact) mass is 282 g/mol. The molecule has 18 heavy (non-hydrogen) atoms. The molecule has 108 valence electrons. The second-order valence-corrected chi connectivity index (χ2v) is 6.41. The molecule has 0 aromatic rings. The van der Waals surface area contributed by atoms with Gasteiger partial charge in [0.2, 0.25) is 0 Å². The van der Waals surface area contributed by atoms with E-state index in [1.807, 2.05) is 6.26 Å². The lowest BCUT2D eigenvalue weighted by Gasteiger charge is -2.12. The molecule has 7 heteroatoms. The summed E-state index contributed by atoms with van der Waals surface area (Å²) in [5.74, 6) is 0.345. The van der Waals surface area contributed by atoms with Crippen molar-refractivity contribution in [3.63, 3.8) is 0 Å². The van der Waals surface area contributed by atoms with E-state index < -0.39 is 18.1 Å². The number of carboxylic acid groups (broad SMARTS) is 1. The first-order valence-electron chi connectivity index (χ1n) is 5.79. The Bertz CT molecular complexity index is 229. The van der Waals surface area contributed by atoms with E-state index in [-0.39, 0.29) is 17.5 Å². The summed E-state index contributed by atoms with van der Waals surface area (Å²) in [7, 11) is 1.54. The minimum Gasteiger partial charge on any atom is -0.480 e. The molecule has 0 aromatic carbocycles. The minimum atomic E-state index is -0.976. The van der Waals surface area contributed by atoms with Crippen LogP contribution in [0.4, 0.5) is 0 Å². The summed E-state index contributed by atoms with van der Waals surface area (Å²) >= 11 is 0. The van der Waals surface area contributed by atoms with E-state index in [4.69, 9.17) is 20.3 Å². The molecule has 0 spiro atoms. The smallest absolute Gasteiger partial charge is 0.320 e. The van der Waals surface area contributed by atoms with Crippen LogP contribution in [0.25, 0.3) is 0 Å². The zero-order chi connectivity index (χ0) is 14.0. The molecule has 0 fully saturated rings. The molecule has 6 nitrogen and oxygen atoms in total. The molecule has 0 radical (unpaired) electrons. The molecule has 0 aromatic heterocycles. The van der Waals surface area contributed by atoms with Gasteiger partial charge in [0.25, 0.3) is 0 Å². The summed E-state index contributed by atoms with van der Waals surface area (Å²) in [5.41, 5.74) is 5.41. The van der Waals surface area contributed by atoms with Gasteiger partial charge in [0.15, 0.2) is 0 Å². The van der Waals surface area contributed by atoms with Crippen LogP contribution in [0.1, 0.15) is 6.42 Å². The molecular weight excluding hydrogens is 258 g/mol. The molecular formula is C11H24NO5S+. The lowest BCUT2D eigenvalue weighted by molar-refractivity contribution is -0.138. The van der Waals surface area contributed by atoms with Gasteiger partial charge in [-0.15, -0.1) is 0 Å². The molecule has 0 aliphatic heterocycles. The predicted octanol–water partition coefficient (Wildman–Crippen LogP) is -0.940. The third-order valence-corrected chi connectivity index (χ3v) is 4.20. The van der Waals surface area contributed by atoms with Crippen molar-refractivity contribution >= 4 is 16.9 Å². The third-order valence-electron chi connectivity index (χ3n) is 2.31. The van der Waals surface area contributed by atoms with Crippen LogP contribution in [-0.2, 0) is 25.2 Å². The second-order valence-electron chi connectivity index (χ2n) is 4.11. The zero-order valence-corrected chi connectivity index (χ0v) is 11.8. The lowest BCUT2D eigenvalue weighted by atomic mass is 10.2. The van der Waals surface area contributed by atoms with E-state index in [0.29, 0.717) is 31.1 Å². The molecule has 0 saturated carbocycles. The summed E-state index contributed by atoms with van der Waals surface area (Å²) in [4.78, 5) is 10.5. The fraction of sp³-hybridized carbons (Fsp3) is 0.909. The van der Waals surface area contributed by atoms with Gasteiger partial charge in [-0.1, -0.05) is 0 Å². The van der Waals surface area contributed by atoms with E-state index in [9.17, 15) is 9.90 Å². The van der Waals surface area contributed by atoms with Crippen molar-refractivity contribution in [3.8, 4) is 0 Å². The fourth-order valence-electron chi connectivity index (χ4n) is 1.27. The van der Waals surface area contributed by atoms with Gasteiger partial charge in [-0.05, 0) is 10.9 Å². The quantitative estimate of drug-likeness (QED) is 0.334. The number of aliphatic carboxylic acids is 1. The average Bonchev–Trinajstić information content (AvgIpc) is 2.31. The molecule has 2 unspecified atom stereocenters. The van der Waals surface area contributed by atoms with E-state index in [2.05, 4.69) is 0 Å². The number of rotatable bonds is 11. The Balaban J connectivity index is 3.60. The Morgan fingerprint density at radius 3 is 2.67 bits per heavy atom. The van der Waals surface area contributed by atoms with Gasteiger partial charge in [-0.2, -0.15) is 0 Å². The number of carboxylic acids is 1. The molecule has 0 aliphatic carbocycles. The number of hydrogen-bond donors (Lipinski definition) is 3. The Morgan fingerprint density at radius 2 is 2.11 bits per heavy atom. The number of methoxy groups -OCH3 is 1. The van der Waals surface area contributed by atoms with Crippen molar-refractivity contribution in [2.45, 2.75) is 18.6 Å². The molecule has 0 rings (SSSR count). The summed E-state index contributed by atoms with van der Waals surface area (Å²) in [6.45, 7) is 1.26. The van der Waals surface area contributed by atoms with Crippen LogP contribution in [0.5, 0.6) is 0 Å². The number of aliphatic hydroxyl groups excluding tert-OH is 1. The first-order valence-corrected chi connectivity index (χ1v) is 7.76. The van der Waals surface area contributed by atoms with Gasteiger partial charge in [0.1, 0.15) is 23.7 Å². The topological polar surface area (TPSA) is 102 Å². The van der Waals surface area contributed by atoms with E-state index in [1.165, 1.54) is 0 Å². The van der Waals surface area contributed by atoms with Gasteiger partial charge >= 0.3 is 5.97 Å². The van der Waals surface area contributed by atoms with Crippen molar-refractivity contribution < 1.29 is 24.5 Å². The van der Waals surface area contributed by atoms with Gasteiger partial charge in [-0.3, -0.25) is 4.79 Å². The van der Waals surface area contributed by atoms with Gasteiger partial charge in [0, 0.05) is 13.5 Å². The second kappa shape index (κ2) is 10.6. The largest absolute Gasteiger partial charge is 0.480 e. The Kier molecular flexibility index (Phi) is 10.4. The van der Waals surface area contributed by atoms with Crippen LogP contribution in [0, 0.1) is 0 Å². The molecule has 0 bridgehead atoms. The van der Waals surface area contributed by atoms with Crippen LogP contribution >= 0.6 is 0 Å². The SMILES string of the molecule is COCCOCC(O)C[S+](C)CC[C@H](N)C(=O)O. The summed E-state index contributed by atoms with van der Waals surface area (Å²) < 4.78 is 10.0. The average molecular weight is 282 g/mol. The molecule has 0 amide bonds. The lowest BCUT2D eigenvalue weighted by Crippen LogP contribution is -2.34. The molecule has 0 saturated heterocycles. The molecule has 4 N–H and O–H groups in total. The first kappa shape index (κ1) is 17.7. The normalized spacial score (nSPS) is 16.2. The Hall–Kier alpha value is -0.340. The van der Waals surface area contributed by atoms with Gasteiger partial charge in [-0.25, -0.2) is 0 Å². The highest BCUT2D eigenvalue weighted by Crippen LogP contribution is 2.01. The van der Waals surface area contributed by atoms with Crippen molar-refractivity contribution in [1.29, 1.82) is 0 Å². The highest BCUT2D eigenvalue weighted by Gasteiger charge is 2.21. The predicted molar refractivity (Wildman–Crippen MR) is 72.0 cm³/mol. The molecule has 0 heterocycles. The minimum absolute atomic E-state index is 0.0490. The first-order chi connectivity index (χ1) is 8.47. The highest BCUT2D eigenvalue weighted by molar-refractivity contribution is 7.96. The summed E-state index contributed by atoms with van der Waals surface area (Å²) in [6, 6.07) is -0.810. The third kappa shape index (κ3) is 9.67. The van der Waals surface area contributed by atoms with Crippen LogP contribution in [-0.4, -0.2) is 73.0 Å². The zero-order valence-electron chi connectivity index (χ0n) is 11.0. The number of hydrogen-bond acceptors (Lipinski definition) is 5. The maximum absolute atomic E-state index is 10.5.